The fourth-order valence-corrected chi connectivity index (χ4v) is 1.51. The van der Waals surface area contributed by atoms with Crippen LogP contribution in [0.1, 0.15) is 18.4 Å². The lowest BCUT2D eigenvalue weighted by atomic mass is 10.2. The van der Waals surface area contributed by atoms with Gasteiger partial charge in [-0.15, -0.1) is 0 Å². The van der Waals surface area contributed by atoms with Crippen LogP contribution in [0.25, 0.3) is 0 Å². The van der Waals surface area contributed by atoms with Crippen molar-refractivity contribution in [2.75, 3.05) is 0 Å². The molecule has 0 aromatic heterocycles. The summed E-state index contributed by atoms with van der Waals surface area (Å²) in [4.78, 5) is 0. The van der Waals surface area contributed by atoms with Gasteiger partial charge in [-0.25, -0.2) is 0 Å². The standard InChI is InChI=1S/C10H12IN/c11-9-3-1-8(2-4-9)7-12-10-5-6-10/h1-4,10,12H,5-7H2. The molecular weight excluding hydrogens is 261 g/mol. The molecule has 1 aliphatic carbocycles. The number of benzene rings is 1. The summed E-state index contributed by atoms with van der Waals surface area (Å²) in [5.74, 6) is 0. The van der Waals surface area contributed by atoms with Gasteiger partial charge in [-0.05, 0) is 53.1 Å². The lowest BCUT2D eigenvalue weighted by Crippen LogP contribution is -2.14. The van der Waals surface area contributed by atoms with Gasteiger partial charge in [-0.3, -0.25) is 0 Å². The van der Waals surface area contributed by atoms with E-state index in [4.69, 9.17) is 0 Å². The van der Waals surface area contributed by atoms with Crippen molar-refractivity contribution in [1.29, 1.82) is 0 Å². The maximum Gasteiger partial charge on any atom is 0.0208 e. The molecule has 0 spiro atoms. The molecule has 1 fully saturated rings. The van der Waals surface area contributed by atoms with Crippen molar-refractivity contribution in [3.8, 4) is 0 Å². The van der Waals surface area contributed by atoms with Crippen LogP contribution in [0.3, 0.4) is 0 Å². The molecule has 1 aromatic rings. The second-order valence-electron chi connectivity index (χ2n) is 3.28. The monoisotopic (exact) mass is 273 g/mol. The molecule has 0 radical (unpaired) electrons. The van der Waals surface area contributed by atoms with E-state index in [-0.39, 0.29) is 0 Å². The van der Waals surface area contributed by atoms with Gasteiger partial charge in [-0.2, -0.15) is 0 Å². The van der Waals surface area contributed by atoms with Gasteiger partial charge in [0, 0.05) is 16.2 Å². The predicted molar refractivity (Wildman–Crippen MR) is 59.0 cm³/mol. The van der Waals surface area contributed by atoms with E-state index in [1.807, 2.05) is 0 Å². The average Bonchev–Trinajstić information content (AvgIpc) is 2.87. The Hall–Kier alpha value is -0.0900. The second kappa shape index (κ2) is 3.75. The first-order chi connectivity index (χ1) is 5.84. The van der Waals surface area contributed by atoms with Crippen LogP contribution in [0, 0.1) is 3.57 Å². The molecule has 0 heterocycles. The Morgan fingerprint density at radius 2 is 1.92 bits per heavy atom. The number of nitrogens with one attached hydrogen (secondary N) is 1. The molecule has 1 aromatic carbocycles. The van der Waals surface area contributed by atoms with Gasteiger partial charge in [0.1, 0.15) is 0 Å². The zero-order chi connectivity index (χ0) is 8.39. The summed E-state index contributed by atoms with van der Waals surface area (Å²) in [6, 6.07) is 9.51. The molecule has 0 unspecified atom stereocenters. The fourth-order valence-electron chi connectivity index (χ4n) is 1.15. The summed E-state index contributed by atoms with van der Waals surface area (Å²) >= 11 is 2.33. The van der Waals surface area contributed by atoms with E-state index in [1.54, 1.807) is 0 Å². The largest absolute Gasteiger partial charge is 0.310 e. The van der Waals surface area contributed by atoms with Crippen LogP contribution in [0.5, 0.6) is 0 Å². The Morgan fingerprint density at radius 1 is 1.25 bits per heavy atom. The molecule has 12 heavy (non-hydrogen) atoms. The molecule has 64 valence electrons. The van der Waals surface area contributed by atoms with Gasteiger partial charge < -0.3 is 5.32 Å². The first kappa shape index (κ1) is 8.51. The molecular formula is C10H12IN. The van der Waals surface area contributed by atoms with Gasteiger partial charge >= 0.3 is 0 Å². The van der Waals surface area contributed by atoms with E-state index in [9.17, 15) is 0 Å². The smallest absolute Gasteiger partial charge is 0.0208 e. The molecule has 1 N–H and O–H groups in total. The van der Waals surface area contributed by atoms with Crippen molar-refractivity contribution in [3.63, 3.8) is 0 Å². The molecule has 1 saturated carbocycles. The third-order valence-electron chi connectivity index (χ3n) is 2.09. The minimum atomic E-state index is 0.810. The van der Waals surface area contributed by atoms with Gasteiger partial charge in [0.05, 0.1) is 0 Å². The van der Waals surface area contributed by atoms with Crippen LogP contribution < -0.4 is 5.32 Å². The first-order valence-corrected chi connectivity index (χ1v) is 5.40. The zero-order valence-corrected chi connectivity index (χ0v) is 9.04. The summed E-state index contributed by atoms with van der Waals surface area (Å²) in [6.45, 7) is 1.03. The molecule has 1 aliphatic rings. The second-order valence-corrected chi connectivity index (χ2v) is 4.53. The Kier molecular flexibility index (Phi) is 2.66. The first-order valence-electron chi connectivity index (χ1n) is 4.32. The topological polar surface area (TPSA) is 12.0 Å². The molecule has 0 aliphatic heterocycles. The predicted octanol–water partition coefficient (Wildman–Crippen LogP) is 2.54. The lowest BCUT2D eigenvalue weighted by molar-refractivity contribution is 0.688. The average molecular weight is 273 g/mol. The van der Waals surface area contributed by atoms with E-state index >= 15 is 0 Å². The van der Waals surface area contributed by atoms with E-state index in [0.717, 1.165) is 12.6 Å². The number of hydrogen-bond acceptors (Lipinski definition) is 1. The molecule has 2 heteroatoms. The van der Waals surface area contributed by atoms with Crippen LogP contribution in [-0.4, -0.2) is 6.04 Å². The Labute approximate surface area is 86.7 Å². The Morgan fingerprint density at radius 3 is 2.50 bits per heavy atom. The van der Waals surface area contributed by atoms with Crippen LogP contribution in [0.15, 0.2) is 24.3 Å². The zero-order valence-electron chi connectivity index (χ0n) is 6.89. The number of rotatable bonds is 3. The maximum atomic E-state index is 3.49. The quantitative estimate of drug-likeness (QED) is 0.834. The van der Waals surface area contributed by atoms with Crippen molar-refractivity contribution in [2.24, 2.45) is 0 Å². The minimum absolute atomic E-state index is 0.810. The van der Waals surface area contributed by atoms with E-state index < -0.39 is 0 Å². The molecule has 2 rings (SSSR count). The SMILES string of the molecule is Ic1ccc(CNC2CC2)cc1. The molecule has 0 bridgehead atoms. The van der Waals surface area contributed by atoms with Crippen molar-refractivity contribution >= 4 is 22.6 Å². The van der Waals surface area contributed by atoms with Gasteiger partial charge in [0.15, 0.2) is 0 Å². The summed E-state index contributed by atoms with van der Waals surface area (Å²) in [5.41, 5.74) is 1.39. The van der Waals surface area contributed by atoms with Gasteiger partial charge in [0.25, 0.3) is 0 Å². The summed E-state index contributed by atoms with van der Waals surface area (Å²) in [5, 5.41) is 3.49. The van der Waals surface area contributed by atoms with Gasteiger partial charge in [-0.1, -0.05) is 12.1 Å². The Balaban J connectivity index is 1.89. The Bertz CT molecular complexity index is 251. The third-order valence-corrected chi connectivity index (χ3v) is 2.80. The summed E-state index contributed by atoms with van der Waals surface area (Å²) in [7, 11) is 0. The summed E-state index contributed by atoms with van der Waals surface area (Å²) < 4.78 is 1.31. The van der Waals surface area contributed by atoms with Crippen LogP contribution in [0.4, 0.5) is 0 Å². The van der Waals surface area contributed by atoms with E-state index in [1.165, 1.54) is 22.0 Å². The highest BCUT2D eigenvalue weighted by molar-refractivity contribution is 14.1. The van der Waals surface area contributed by atoms with Gasteiger partial charge in [0.2, 0.25) is 0 Å². The normalized spacial score (nSPS) is 16.4. The van der Waals surface area contributed by atoms with Crippen molar-refractivity contribution < 1.29 is 0 Å². The van der Waals surface area contributed by atoms with E-state index in [2.05, 4.69) is 52.2 Å². The third kappa shape index (κ3) is 2.45. The molecule has 0 atom stereocenters. The highest BCUT2D eigenvalue weighted by atomic mass is 127. The van der Waals surface area contributed by atoms with Crippen LogP contribution >= 0.6 is 22.6 Å². The van der Waals surface area contributed by atoms with Crippen molar-refractivity contribution in [2.45, 2.75) is 25.4 Å². The number of halogens is 1. The highest BCUT2D eigenvalue weighted by Crippen LogP contribution is 2.19. The van der Waals surface area contributed by atoms with Crippen molar-refractivity contribution in [3.05, 3.63) is 33.4 Å². The van der Waals surface area contributed by atoms with Crippen molar-refractivity contribution in [1.82, 2.24) is 5.32 Å². The lowest BCUT2D eigenvalue weighted by Gasteiger charge is -2.02. The highest BCUT2D eigenvalue weighted by Gasteiger charge is 2.19. The fraction of sp³-hybridized carbons (Fsp3) is 0.400. The van der Waals surface area contributed by atoms with Crippen LogP contribution in [0.2, 0.25) is 0 Å². The molecule has 0 amide bonds. The molecule has 1 nitrogen and oxygen atoms in total. The minimum Gasteiger partial charge on any atom is -0.310 e. The summed E-state index contributed by atoms with van der Waals surface area (Å²) in [6.07, 6.45) is 2.73. The molecule has 0 saturated heterocycles. The maximum absolute atomic E-state index is 3.49. The van der Waals surface area contributed by atoms with E-state index in [0.29, 0.717) is 0 Å². The van der Waals surface area contributed by atoms with Crippen LogP contribution in [-0.2, 0) is 6.54 Å². The number of hydrogen-bond donors (Lipinski definition) is 1.